The van der Waals surface area contributed by atoms with E-state index in [0.29, 0.717) is 0 Å². The minimum absolute atomic E-state index is 0.264. The number of nitrogens with one attached hydrogen (secondary N) is 1. The first kappa shape index (κ1) is 19.1. The molecule has 0 saturated heterocycles. The molecule has 0 aliphatic carbocycles. The van der Waals surface area contributed by atoms with Crippen LogP contribution < -0.4 is 9.46 Å². The number of sulfonamides is 1. The van der Waals surface area contributed by atoms with E-state index in [2.05, 4.69) is 4.74 Å². The number of halogens is 5. The summed E-state index contributed by atoms with van der Waals surface area (Å²) >= 11 is 0. The van der Waals surface area contributed by atoms with Crippen molar-refractivity contribution < 1.29 is 35.1 Å². The van der Waals surface area contributed by atoms with Gasteiger partial charge in [-0.25, -0.2) is 26.3 Å². The van der Waals surface area contributed by atoms with E-state index in [9.17, 15) is 30.4 Å². The normalized spacial score (nSPS) is 12.9. The number of hydrogen-bond acceptors (Lipinski definition) is 3. The van der Waals surface area contributed by atoms with E-state index >= 15 is 0 Å². The van der Waals surface area contributed by atoms with Crippen LogP contribution in [0.25, 0.3) is 0 Å². The lowest BCUT2D eigenvalue weighted by Gasteiger charge is -2.16. The van der Waals surface area contributed by atoms with Crippen LogP contribution in [0.5, 0.6) is 5.75 Å². The van der Waals surface area contributed by atoms with Gasteiger partial charge in [0.15, 0.2) is 22.3 Å². The second-order valence-electron chi connectivity index (χ2n) is 5.01. The molecule has 0 bridgehead atoms. The fraction of sp³-hybridized carbons (Fsp3) is 0.200. The lowest BCUT2D eigenvalue weighted by atomic mass is 10.1. The highest BCUT2D eigenvalue weighted by atomic mass is 32.2. The molecule has 0 amide bonds. The van der Waals surface area contributed by atoms with Crippen molar-refractivity contribution in [2.75, 3.05) is 7.11 Å². The Morgan fingerprint density at radius 2 is 1.40 bits per heavy atom. The highest BCUT2D eigenvalue weighted by Gasteiger charge is 2.34. The fourth-order valence-corrected chi connectivity index (χ4v) is 3.49. The van der Waals surface area contributed by atoms with Crippen LogP contribution in [0.1, 0.15) is 18.5 Å². The van der Waals surface area contributed by atoms with Crippen molar-refractivity contribution >= 4 is 10.0 Å². The zero-order chi connectivity index (χ0) is 18.9. The minimum Gasteiger partial charge on any atom is -0.491 e. The van der Waals surface area contributed by atoms with E-state index in [4.69, 9.17) is 0 Å². The van der Waals surface area contributed by atoms with Crippen molar-refractivity contribution in [2.45, 2.75) is 17.9 Å². The summed E-state index contributed by atoms with van der Waals surface area (Å²) in [7, 11) is -4.21. The third kappa shape index (κ3) is 3.59. The third-order valence-electron chi connectivity index (χ3n) is 3.36. The van der Waals surface area contributed by atoms with E-state index in [-0.39, 0.29) is 5.56 Å². The summed E-state index contributed by atoms with van der Waals surface area (Å²) in [6.07, 6.45) is 0. The van der Waals surface area contributed by atoms with Crippen molar-refractivity contribution in [1.82, 2.24) is 4.72 Å². The largest absolute Gasteiger partial charge is 0.491 e. The fourth-order valence-electron chi connectivity index (χ4n) is 2.12. The number of methoxy groups -OCH3 is 1. The van der Waals surface area contributed by atoms with Crippen LogP contribution >= 0.6 is 0 Å². The van der Waals surface area contributed by atoms with Gasteiger partial charge in [0, 0.05) is 6.04 Å². The van der Waals surface area contributed by atoms with E-state index in [1.54, 1.807) is 0 Å². The van der Waals surface area contributed by atoms with Crippen LogP contribution in [-0.2, 0) is 10.0 Å². The van der Waals surface area contributed by atoms with Crippen molar-refractivity contribution in [3.05, 3.63) is 58.9 Å². The van der Waals surface area contributed by atoms with Gasteiger partial charge in [-0.1, -0.05) is 12.1 Å². The number of hydrogen-bond donors (Lipinski definition) is 1. The second kappa shape index (κ2) is 6.96. The topological polar surface area (TPSA) is 55.4 Å². The SMILES string of the molecule is COc1c(F)c(F)c(S(=O)(=O)NC(C)c2ccc(F)cc2)c(F)c1F. The van der Waals surface area contributed by atoms with Gasteiger partial charge in [0.25, 0.3) is 0 Å². The Bertz CT molecular complexity index is 871. The van der Waals surface area contributed by atoms with Gasteiger partial charge in [0.2, 0.25) is 21.7 Å². The summed E-state index contributed by atoms with van der Waals surface area (Å²) in [5, 5.41) is 0. The molecule has 0 spiro atoms. The molecule has 0 radical (unpaired) electrons. The molecule has 1 unspecified atom stereocenters. The average molecular weight is 381 g/mol. The summed E-state index contributed by atoms with van der Waals surface area (Å²) in [5.74, 6) is -10.1. The zero-order valence-electron chi connectivity index (χ0n) is 12.9. The molecule has 0 heterocycles. The van der Waals surface area contributed by atoms with Crippen LogP contribution in [-0.4, -0.2) is 15.5 Å². The first-order valence-electron chi connectivity index (χ1n) is 6.77. The standard InChI is InChI=1S/C15H12F5NO3S/c1-7(8-3-5-9(16)6-4-8)21-25(22,23)15-12(19)10(17)14(24-2)11(18)13(15)20/h3-7,21H,1-2H3. The van der Waals surface area contributed by atoms with Gasteiger partial charge in [-0.2, -0.15) is 8.78 Å². The molecule has 1 atom stereocenters. The monoisotopic (exact) mass is 381 g/mol. The molecule has 10 heteroatoms. The van der Waals surface area contributed by atoms with Gasteiger partial charge >= 0.3 is 0 Å². The molecule has 2 rings (SSSR count). The maximum Gasteiger partial charge on any atom is 0.247 e. The maximum atomic E-state index is 14.0. The molecule has 4 nitrogen and oxygen atoms in total. The van der Waals surface area contributed by atoms with Gasteiger partial charge in [-0.05, 0) is 24.6 Å². The van der Waals surface area contributed by atoms with Gasteiger partial charge in [0.1, 0.15) is 5.82 Å². The smallest absolute Gasteiger partial charge is 0.247 e. The predicted molar refractivity (Wildman–Crippen MR) is 78.0 cm³/mol. The minimum atomic E-state index is -4.98. The Balaban J connectivity index is 2.48. The highest BCUT2D eigenvalue weighted by Crippen LogP contribution is 2.32. The van der Waals surface area contributed by atoms with Gasteiger partial charge < -0.3 is 4.74 Å². The van der Waals surface area contributed by atoms with E-state index < -0.39 is 55.8 Å². The number of benzene rings is 2. The molecule has 0 aromatic heterocycles. The molecule has 136 valence electrons. The Labute approximate surface area is 140 Å². The second-order valence-corrected chi connectivity index (χ2v) is 6.66. The zero-order valence-corrected chi connectivity index (χ0v) is 13.7. The lowest BCUT2D eigenvalue weighted by Crippen LogP contribution is -2.29. The summed E-state index contributed by atoms with van der Waals surface area (Å²) in [6.45, 7) is 1.30. The van der Waals surface area contributed by atoms with Crippen LogP contribution in [0, 0.1) is 29.1 Å². The van der Waals surface area contributed by atoms with Gasteiger partial charge in [0.05, 0.1) is 7.11 Å². The van der Waals surface area contributed by atoms with Gasteiger partial charge in [-0.3, -0.25) is 0 Å². The molecule has 0 saturated carbocycles. The molecule has 1 N–H and O–H groups in total. The number of rotatable bonds is 5. The molecule has 0 aliphatic rings. The molecular weight excluding hydrogens is 369 g/mol. The first-order chi connectivity index (χ1) is 11.6. The quantitative estimate of drug-likeness (QED) is 0.638. The summed E-state index contributed by atoms with van der Waals surface area (Å²) in [4.78, 5) is -1.81. The summed E-state index contributed by atoms with van der Waals surface area (Å²) < 4.78 is 98.6. The molecule has 2 aromatic carbocycles. The lowest BCUT2D eigenvalue weighted by molar-refractivity contribution is 0.322. The first-order valence-corrected chi connectivity index (χ1v) is 8.26. The molecule has 0 fully saturated rings. The molecule has 0 aliphatic heterocycles. The van der Waals surface area contributed by atoms with E-state index in [0.717, 1.165) is 19.2 Å². The Morgan fingerprint density at radius 3 is 1.84 bits per heavy atom. The summed E-state index contributed by atoms with van der Waals surface area (Å²) in [5.41, 5.74) is 0.264. The Hall–Kier alpha value is -2.20. The number of ether oxygens (including phenoxy) is 1. The van der Waals surface area contributed by atoms with E-state index in [1.807, 2.05) is 4.72 Å². The van der Waals surface area contributed by atoms with Crippen LogP contribution in [0.4, 0.5) is 22.0 Å². The van der Waals surface area contributed by atoms with Crippen molar-refractivity contribution in [3.8, 4) is 5.75 Å². The predicted octanol–water partition coefficient (Wildman–Crippen LogP) is 3.43. The van der Waals surface area contributed by atoms with Gasteiger partial charge in [-0.15, -0.1) is 0 Å². The Morgan fingerprint density at radius 1 is 0.920 bits per heavy atom. The van der Waals surface area contributed by atoms with Crippen molar-refractivity contribution in [3.63, 3.8) is 0 Å². The van der Waals surface area contributed by atoms with Crippen LogP contribution in [0.15, 0.2) is 29.2 Å². The summed E-state index contributed by atoms with van der Waals surface area (Å²) in [6, 6.07) is 3.52. The molecular formula is C15H12F5NO3S. The Kier molecular flexibility index (Phi) is 5.33. The van der Waals surface area contributed by atoms with Crippen molar-refractivity contribution in [2.24, 2.45) is 0 Å². The van der Waals surface area contributed by atoms with Crippen LogP contribution in [0.2, 0.25) is 0 Å². The van der Waals surface area contributed by atoms with Crippen LogP contribution in [0.3, 0.4) is 0 Å². The molecule has 25 heavy (non-hydrogen) atoms. The highest BCUT2D eigenvalue weighted by molar-refractivity contribution is 7.89. The van der Waals surface area contributed by atoms with Crippen molar-refractivity contribution in [1.29, 1.82) is 0 Å². The average Bonchev–Trinajstić information content (AvgIpc) is 2.53. The van der Waals surface area contributed by atoms with E-state index in [1.165, 1.54) is 19.1 Å². The maximum absolute atomic E-state index is 14.0. The molecule has 2 aromatic rings. The third-order valence-corrected chi connectivity index (χ3v) is 4.92.